The predicted molar refractivity (Wildman–Crippen MR) is 90.0 cm³/mol. The number of nitrogens with one attached hydrogen (secondary N) is 1. The Morgan fingerprint density at radius 1 is 1.17 bits per heavy atom. The number of amides is 1. The van der Waals surface area contributed by atoms with Crippen molar-refractivity contribution < 1.29 is 9.21 Å². The molecule has 0 bridgehead atoms. The second-order valence-corrected chi connectivity index (χ2v) is 5.69. The molecule has 6 nitrogen and oxygen atoms in total. The number of hydrogen-bond donors (Lipinski definition) is 1. The molecule has 2 heterocycles. The average Bonchev–Trinajstić information content (AvgIpc) is 3.07. The van der Waals surface area contributed by atoms with E-state index in [-0.39, 0.29) is 5.91 Å². The minimum Gasteiger partial charge on any atom is -0.421 e. The van der Waals surface area contributed by atoms with Crippen LogP contribution < -0.4 is 5.32 Å². The van der Waals surface area contributed by atoms with Crippen LogP contribution in [0.1, 0.15) is 16.2 Å². The maximum atomic E-state index is 12.0. The Morgan fingerprint density at radius 2 is 2.04 bits per heavy atom. The summed E-state index contributed by atoms with van der Waals surface area (Å²) in [5.74, 6) is 0.581. The van der Waals surface area contributed by atoms with E-state index in [1.807, 2.05) is 6.07 Å². The number of hydrogen-bond acceptors (Lipinski definition) is 5. The molecule has 122 valence electrons. The van der Waals surface area contributed by atoms with Crippen molar-refractivity contribution in [1.29, 1.82) is 0 Å². The van der Waals surface area contributed by atoms with Crippen LogP contribution in [0.25, 0.3) is 11.5 Å². The molecule has 1 aromatic carbocycles. The smallest absolute Gasteiger partial charge is 0.251 e. The van der Waals surface area contributed by atoms with Crippen LogP contribution in [0.4, 0.5) is 0 Å². The molecule has 3 rings (SSSR count). The second kappa shape index (κ2) is 7.42. The van der Waals surface area contributed by atoms with Crippen molar-refractivity contribution in [2.75, 3.05) is 6.54 Å². The first kappa shape index (κ1) is 16.4. The molecule has 2 aromatic heterocycles. The highest BCUT2D eigenvalue weighted by atomic mass is 35.5. The predicted octanol–water partition coefficient (Wildman–Crippen LogP) is 3.41. The topological polar surface area (TPSA) is 80.9 Å². The van der Waals surface area contributed by atoms with E-state index in [0.29, 0.717) is 40.4 Å². The van der Waals surface area contributed by atoms with E-state index >= 15 is 0 Å². The summed E-state index contributed by atoms with van der Waals surface area (Å²) in [5.41, 5.74) is 1.18. The van der Waals surface area contributed by atoms with Crippen molar-refractivity contribution in [2.45, 2.75) is 6.42 Å². The van der Waals surface area contributed by atoms with E-state index < -0.39 is 0 Å². The monoisotopic (exact) mass is 362 g/mol. The molecule has 0 saturated heterocycles. The Hall–Kier alpha value is -2.44. The molecule has 3 aromatic rings. The molecule has 8 heteroatoms. The first-order valence-electron chi connectivity index (χ1n) is 7.09. The Bertz CT molecular complexity index is 852. The zero-order valence-corrected chi connectivity index (χ0v) is 13.9. The molecule has 0 unspecified atom stereocenters. The van der Waals surface area contributed by atoms with Crippen LogP contribution in [0.3, 0.4) is 0 Å². The number of nitrogens with zero attached hydrogens (tertiary/aromatic N) is 3. The standard InChI is InChI=1S/C16H12Cl2N4O2/c17-12-4-3-10(8-13(12)18)15(23)20-7-5-14-21-22-16(24-14)11-2-1-6-19-9-11/h1-4,6,8-9H,5,7H2,(H,20,23). The summed E-state index contributed by atoms with van der Waals surface area (Å²) >= 11 is 11.7. The minimum absolute atomic E-state index is 0.249. The SMILES string of the molecule is O=C(NCCc1nnc(-c2cccnc2)o1)c1ccc(Cl)c(Cl)c1. The second-order valence-electron chi connectivity index (χ2n) is 4.88. The fourth-order valence-electron chi connectivity index (χ4n) is 1.98. The number of benzene rings is 1. The van der Waals surface area contributed by atoms with Gasteiger partial charge in [0.25, 0.3) is 5.91 Å². The van der Waals surface area contributed by atoms with Crippen molar-refractivity contribution in [1.82, 2.24) is 20.5 Å². The Labute approximate surface area is 147 Å². The molecule has 0 spiro atoms. The Kier molecular flexibility index (Phi) is 5.08. The van der Waals surface area contributed by atoms with Crippen molar-refractivity contribution in [2.24, 2.45) is 0 Å². The Balaban J connectivity index is 1.56. The minimum atomic E-state index is -0.249. The van der Waals surface area contributed by atoms with Crippen molar-refractivity contribution in [3.63, 3.8) is 0 Å². The molecule has 0 aliphatic heterocycles. The van der Waals surface area contributed by atoms with Crippen LogP contribution in [0, 0.1) is 0 Å². The van der Waals surface area contributed by atoms with Crippen LogP contribution >= 0.6 is 23.2 Å². The van der Waals surface area contributed by atoms with E-state index in [0.717, 1.165) is 5.56 Å². The highest BCUT2D eigenvalue weighted by molar-refractivity contribution is 6.42. The lowest BCUT2D eigenvalue weighted by Gasteiger charge is -2.04. The number of pyridine rings is 1. The number of halogens is 2. The van der Waals surface area contributed by atoms with Gasteiger partial charge in [0.15, 0.2) is 0 Å². The third-order valence-corrected chi connectivity index (χ3v) is 3.92. The fraction of sp³-hybridized carbons (Fsp3) is 0.125. The van der Waals surface area contributed by atoms with E-state index in [1.54, 1.807) is 30.6 Å². The highest BCUT2D eigenvalue weighted by Gasteiger charge is 2.10. The summed E-state index contributed by atoms with van der Waals surface area (Å²) in [5, 5.41) is 11.4. The quantitative estimate of drug-likeness (QED) is 0.751. The molecule has 0 aliphatic rings. The van der Waals surface area contributed by atoms with Gasteiger partial charge in [-0.15, -0.1) is 10.2 Å². The van der Waals surface area contributed by atoms with Gasteiger partial charge in [-0.3, -0.25) is 9.78 Å². The van der Waals surface area contributed by atoms with Gasteiger partial charge in [-0.2, -0.15) is 0 Å². The van der Waals surface area contributed by atoms with Gasteiger partial charge in [-0.05, 0) is 30.3 Å². The van der Waals surface area contributed by atoms with Crippen LogP contribution in [-0.4, -0.2) is 27.6 Å². The molecule has 0 atom stereocenters. The fourth-order valence-corrected chi connectivity index (χ4v) is 2.28. The van der Waals surface area contributed by atoms with Crippen LogP contribution in [0.15, 0.2) is 47.1 Å². The number of carbonyl (C=O) groups is 1. The molecule has 0 saturated carbocycles. The molecule has 24 heavy (non-hydrogen) atoms. The van der Waals surface area contributed by atoms with Gasteiger partial charge >= 0.3 is 0 Å². The molecular formula is C16H12Cl2N4O2. The van der Waals surface area contributed by atoms with Crippen molar-refractivity contribution in [3.8, 4) is 11.5 Å². The maximum Gasteiger partial charge on any atom is 0.251 e. The highest BCUT2D eigenvalue weighted by Crippen LogP contribution is 2.22. The van der Waals surface area contributed by atoms with Gasteiger partial charge in [-0.25, -0.2) is 0 Å². The van der Waals surface area contributed by atoms with Crippen molar-refractivity contribution in [3.05, 3.63) is 64.2 Å². The van der Waals surface area contributed by atoms with Gasteiger partial charge in [-0.1, -0.05) is 23.2 Å². The van der Waals surface area contributed by atoms with E-state index in [9.17, 15) is 4.79 Å². The molecule has 1 N–H and O–H groups in total. The van der Waals surface area contributed by atoms with Gasteiger partial charge in [0, 0.05) is 30.9 Å². The molecule has 0 aliphatic carbocycles. The van der Waals surface area contributed by atoms with Gasteiger partial charge < -0.3 is 9.73 Å². The molecular weight excluding hydrogens is 351 g/mol. The first-order valence-corrected chi connectivity index (χ1v) is 7.85. The lowest BCUT2D eigenvalue weighted by atomic mass is 10.2. The van der Waals surface area contributed by atoms with E-state index in [1.165, 1.54) is 6.07 Å². The zero-order valence-electron chi connectivity index (χ0n) is 12.4. The first-order chi connectivity index (χ1) is 11.6. The number of rotatable bonds is 5. The Morgan fingerprint density at radius 3 is 2.79 bits per heavy atom. The summed E-state index contributed by atoms with van der Waals surface area (Å²) < 4.78 is 5.54. The normalized spacial score (nSPS) is 10.6. The third kappa shape index (κ3) is 3.90. The van der Waals surface area contributed by atoms with Crippen molar-refractivity contribution >= 4 is 29.1 Å². The van der Waals surface area contributed by atoms with Gasteiger partial charge in [0.05, 0.1) is 15.6 Å². The van der Waals surface area contributed by atoms with E-state index in [4.69, 9.17) is 27.6 Å². The van der Waals surface area contributed by atoms with Crippen LogP contribution in [-0.2, 0) is 6.42 Å². The maximum absolute atomic E-state index is 12.0. The summed E-state index contributed by atoms with van der Waals surface area (Å²) in [7, 11) is 0. The number of carbonyl (C=O) groups excluding carboxylic acids is 1. The summed E-state index contributed by atoms with van der Waals surface area (Å²) in [6, 6.07) is 8.33. The summed E-state index contributed by atoms with van der Waals surface area (Å²) in [4.78, 5) is 16.0. The summed E-state index contributed by atoms with van der Waals surface area (Å²) in [6.45, 7) is 0.355. The van der Waals surface area contributed by atoms with Crippen LogP contribution in [0.5, 0.6) is 0 Å². The van der Waals surface area contributed by atoms with Crippen LogP contribution in [0.2, 0.25) is 10.0 Å². The summed E-state index contributed by atoms with van der Waals surface area (Å²) in [6.07, 6.45) is 3.73. The third-order valence-electron chi connectivity index (χ3n) is 3.18. The lowest BCUT2D eigenvalue weighted by molar-refractivity contribution is 0.0953. The zero-order chi connectivity index (χ0) is 16.9. The molecule has 0 fully saturated rings. The largest absolute Gasteiger partial charge is 0.421 e. The molecule has 0 radical (unpaired) electrons. The number of aromatic nitrogens is 3. The van der Waals surface area contributed by atoms with E-state index in [2.05, 4.69) is 20.5 Å². The average molecular weight is 363 g/mol. The molecule has 1 amide bonds. The van der Waals surface area contributed by atoms with Gasteiger partial charge in [0.1, 0.15) is 0 Å². The van der Waals surface area contributed by atoms with Gasteiger partial charge in [0.2, 0.25) is 11.8 Å². The lowest BCUT2D eigenvalue weighted by Crippen LogP contribution is -2.25.